The van der Waals surface area contributed by atoms with Gasteiger partial charge >= 0.3 is 0 Å². The van der Waals surface area contributed by atoms with Crippen molar-refractivity contribution in [1.29, 1.82) is 5.41 Å². The minimum Gasteiger partial charge on any atom is -0.491 e. The van der Waals surface area contributed by atoms with E-state index in [1.807, 2.05) is 26.0 Å². The van der Waals surface area contributed by atoms with E-state index in [-0.39, 0.29) is 20.1 Å². The Balaban J connectivity index is 0.00000261. The lowest BCUT2D eigenvalue weighted by Gasteiger charge is -2.14. The number of ether oxygens (including phenoxy) is 1. The zero-order chi connectivity index (χ0) is 18.8. The molecule has 26 heavy (non-hydrogen) atoms. The van der Waals surface area contributed by atoms with Crippen LogP contribution in [0.25, 0.3) is 0 Å². The van der Waals surface area contributed by atoms with Gasteiger partial charge in [-0.1, -0.05) is 0 Å². The number of hydrogen-bond donors (Lipinski definition) is 2. The molecule has 1 aromatic heterocycles. The maximum absolute atomic E-state index is 12.9. The highest BCUT2D eigenvalue weighted by atomic mass is 19.1. The number of nitrogens with one attached hydrogen (secondary N) is 1. The third kappa shape index (κ3) is 3.66. The highest BCUT2D eigenvalue weighted by molar-refractivity contribution is 6.13. The number of nitrogen functional groups attached to an aromatic ring is 1. The van der Waals surface area contributed by atoms with Crippen LogP contribution in [0.15, 0.2) is 24.3 Å². The summed E-state index contributed by atoms with van der Waals surface area (Å²) in [5, 5.41) is 13.1. The first kappa shape index (κ1) is 18.2. The van der Waals surface area contributed by atoms with Gasteiger partial charge in [-0.15, -0.1) is 0 Å². The van der Waals surface area contributed by atoms with Crippen LogP contribution < -0.4 is 15.4 Å². The Hall–Kier alpha value is -2.57. The van der Waals surface area contributed by atoms with Gasteiger partial charge in [0.1, 0.15) is 5.75 Å². The lowest BCUT2D eigenvalue weighted by molar-refractivity contribution is 0.242. The molecule has 0 bridgehead atoms. The molecule has 6 nitrogen and oxygen atoms in total. The fourth-order valence-electron chi connectivity index (χ4n) is 3.24. The van der Waals surface area contributed by atoms with Gasteiger partial charge in [0.25, 0.3) is 0 Å². The molecule has 1 aliphatic heterocycles. The van der Waals surface area contributed by atoms with Crippen molar-refractivity contribution < 1.29 is 10.6 Å². The molecule has 2 heterocycles. The second-order valence-electron chi connectivity index (χ2n) is 7.06. The van der Waals surface area contributed by atoms with Gasteiger partial charge in [0.2, 0.25) is 0 Å². The lowest BCUT2D eigenvalue weighted by atomic mass is 10.0. The first-order valence-electron chi connectivity index (χ1n) is 8.89. The van der Waals surface area contributed by atoms with E-state index in [1.165, 1.54) is 0 Å². The van der Waals surface area contributed by atoms with E-state index >= 15 is 0 Å². The summed E-state index contributed by atoms with van der Waals surface area (Å²) in [6, 6.07) is 7.23. The van der Waals surface area contributed by atoms with Gasteiger partial charge in [-0.3, -0.25) is 14.5 Å². The molecular weight excluding hydrogens is 333 g/mol. The van der Waals surface area contributed by atoms with Gasteiger partial charge in [0.15, 0.2) is 5.82 Å². The Labute approximate surface area is 154 Å². The van der Waals surface area contributed by atoms with Crippen LogP contribution in [0.3, 0.4) is 0 Å². The van der Waals surface area contributed by atoms with Crippen LogP contribution in [-0.4, -0.2) is 41.4 Å². The van der Waals surface area contributed by atoms with Crippen LogP contribution in [0.1, 0.15) is 33.0 Å². The van der Waals surface area contributed by atoms with Gasteiger partial charge in [-0.05, 0) is 38.5 Å². The van der Waals surface area contributed by atoms with E-state index in [0.29, 0.717) is 35.0 Å². The summed E-state index contributed by atoms with van der Waals surface area (Å²) in [6.45, 7) is 5.06. The molecule has 7 heteroatoms. The van der Waals surface area contributed by atoms with Crippen LogP contribution in [-0.2, 0) is 7.05 Å². The van der Waals surface area contributed by atoms with Gasteiger partial charge in [-0.25, -0.2) is 0 Å². The second-order valence-corrected chi connectivity index (χ2v) is 7.06. The van der Waals surface area contributed by atoms with Crippen molar-refractivity contribution in [2.24, 2.45) is 13.0 Å². The summed E-state index contributed by atoms with van der Waals surface area (Å²) in [4.78, 5) is 2.07. The number of hydrogen-bond acceptors (Lipinski definition) is 5. The fourth-order valence-corrected chi connectivity index (χ4v) is 3.24. The molecule has 1 aromatic carbocycles. The van der Waals surface area contributed by atoms with Gasteiger partial charge in [-0.2, -0.15) is 5.10 Å². The first-order valence-corrected chi connectivity index (χ1v) is 8.89. The van der Waals surface area contributed by atoms with Crippen molar-refractivity contribution >= 4 is 17.2 Å². The number of halogens is 1. The molecule has 1 saturated heterocycles. The molecule has 3 N–H and O–H groups in total. The van der Waals surface area contributed by atoms with Crippen LogP contribution in [0.4, 0.5) is 15.9 Å². The van der Waals surface area contributed by atoms with E-state index in [4.69, 9.17) is 15.9 Å². The molecule has 0 radical (unpaired) electrons. The molecule has 0 spiro atoms. The summed E-state index contributed by atoms with van der Waals surface area (Å²) >= 11 is 0. The number of rotatable bonds is 6. The maximum atomic E-state index is 12.9. The molecule has 2 aromatic rings. The van der Waals surface area contributed by atoms with Gasteiger partial charge in [0.05, 0.1) is 24.2 Å². The van der Waals surface area contributed by atoms with Gasteiger partial charge < -0.3 is 15.4 Å². The van der Waals surface area contributed by atoms with E-state index in [0.717, 1.165) is 18.8 Å². The van der Waals surface area contributed by atoms with E-state index in [9.17, 15) is 4.39 Å². The molecule has 1 fully saturated rings. The molecule has 3 rings (SSSR count). The second kappa shape index (κ2) is 7.35. The zero-order valence-corrected chi connectivity index (χ0v) is 15.5. The van der Waals surface area contributed by atoms with Crippen LogP contribution in [0, 0.1) is 11.3 Å². The van der Waals surface area contributed by atoms with Crippen molar-refractivity contribution in [2.75, 3.05) is 30.4 Å². The molecule has 0 saturated carbocycles. The summed E-state index contributed by atoms with van der Waals surface area (Å²) in [5.74, 6) is 1.53. The van der Waals surface area contributed by atoms with Crippen LogP contribution >= 0.6 is 0 Å². The Bertz CT molecular complexity index is 807. The number of alkyl halides is 1. The summed E-state index contributed by atoms with van der Waals surface area (Å²) in [6.07, 6.45) is 0.879. The number of nitrogens with zero attached hydrogens (tertiary/aromatic N) is 3. The Kier molecular flexibility index (Phi) is 5.15. The third-order valence-electron chi connectivity index (χ3n) is 4.62. The van der Waals surface area contributed by atoms with E-state index < -0.39 is 0 Å². The summed E-state index contributed by atoms with van der Waals surface area (Å²) in [5.41, 5.74) is 8.18. The topological polar surface area (TPSA) is 80.2 Å². The highest BCUT2D eigenvalue weighted by Crippen LogP contribution is 2.27. The van der Waals surface area contributed by atoms with Crippen LogP contribution in [0.2, 0.25) is 0 Å². The van der Waals surface area contributed by atoms with Crippen molar-refractivity contribution in [3.05, 3.63) is 35.5 Å². The van der Waals surface area contributed by atoms with E-state index in [2.05, 4.69) is 10.00 Å². The average molecular weight is 361 g/mol. The Morgan fingerprint density at radius 3 is 2.88 bits per heavy atom. The summed E-state index contributed by atoms with van der Waals surface area (Å²) < 4.78 is 20.3. The zero-order valence-electron chi connectivity index (χ0n) is 15.5. The monoisotopic (exact) mass is 361 g/mol. The molecular formula is C19H28FN5O. The first-order chi connectivity index (χ1) is 12.4. The minimum atomic E-state index is -0.300. The SMILES string of the molecule is CC(C)Oc1ccc(N)c(C(=N)c2cc(N3CCC(CF)C3)nn2C)c1.[HH]. The highest BCUT2D eigenvalue weighted by Gasteiger charge is 2.25. The third-order valence-corrected chi connectivity index (χ3v) is 4.62. The number of anilines is 2. The molecule has 142 valence electrons. The molecule has 0 amide bonds. The quantitative estimate of drug-likeness (QED) is 0.611. The van der Waals surface area contributed by atoms with Crippen molar-refractivity contribution in [1.82, 2.24) is 9.78 Å². The predicted octanol–water partition coefficient (Wildman–Crippen LogP) is 3.25. The number of benzene rings is 1. The summed E-state index contributed by atoms with van der Waals surface area (Å²) in [7, 11) is 1.81. The smallest absolute Gasteiger partial charge is 0.151 e. The maximum Gasteiger partial charge on any atom is 0.151 e. The van der Waals surface area contributed by atoms with Crippen molar-refractivity contribution in [3.8, 4) is 5.75 Å². The van der Waals surface area contributed by atoms with E-state index in [1.54, 1.807) is 23.9 Å². The fraction of sp³-hybridized carbons (Fsp3) is 0.474. The van der Waals surface area contributed by atoms with Crippen LogP contribution in [0.5, 0.6) is 5.75 Å². The normalized spacial score (nSPS) is 17.1. The lowest BCUT2D eigenvalue weighted by Crippen LogP contribution is -2.20. The number of nitrogens with two attached hydrogens (primary N) is 1. The number of aromatic nitrogens is 2. The molecule has 1 atom stereocenters. The standard InChI is InChI=1S/C19H26FN5O.H2/c1-12(2)26-14-4-5-16(21)15(8-14)19(22)17-9-18(23-24(17)3)25-7-6-13(10-20)11-25;/h4-5,8-9,12-13,22H,6-7,10-11,21H2,1-3H3;1H. The number of aryl methyl sites for hydroxylation is 1. The molecule has 1 aliphatic rings. The predicted molar refractivity (Wildman–Crippen MR) is 104 cm³/mol. The Morgan fingerprint density at radius 1 is 1.46 bits per heavy atom. The molecule has 1 unspecified atom stereocenters. The van der Waals surface area contributed by atoms with Crippen molar-refractivity contribution in [2.45, 2.75) is 26.4 Å². The minimum absolute atomic E-state index is 0. The Morgan fingerprint density at radius 2 is 2.23 bits per heavy atom. The van der Waals surface area contributed by atoms with Gasteiger partial charge in [0, 0.05) is 44.8 Å². The average Bonchev–Trinajstić information content (AvgIpc) is 3.22. The largest absolute Gasteiger partial charge is 0.491 e. The molecule has 0 aliphatic carbocycles. The van der Waals surface area contributed by atoms with Crippen molar-refractivity contribution in [3.63, 3.8) is 0 Å².